The van der Waals surface area contributed by atoms with Gasteiger partial charge in [0.2, 0.25) is 11.8 Å². The molecule has 0 aliphatic carbocycles. The summed E-state index contributed by atoms with van der Waals surface area (Å²) in [6.07, 6.45) is 3.56. The summed E-state index contributed by atoms with van der Waals surface area (Å²) < 4.78 is 27.0. The number of Topliss-reactive ketones (excluding diaryl/α,β-unsaturated/α-hetero) is 1. The summed E-state index contributed by atoms with van der Waals surface area (Å²) in [6, 6.07) is 9.49. The van der Waals surface area contributed by atoms with E-state index in [9.17, 15) is 28.3 Å². The number of benzene rings is 1. The highest BCUT2D eigenvalue weighted by Gasteiger charge is 2.37. The van der Waals surface area contributed by atoms with Crippen molar-refractivity contribution in [3.05, 3.63) is 58.3 Å². The molecule has 10 heteroatoms. The van der Waals surface area contributed by atoms with Crippen LogP contribution in [0.2, 0.25) is 0 Å². The lowest BCUT2D eigenvalue weighted by Crippen LogP contribution is -2.58. The van der Waals surface area contributed by atoms with Gasteiger partial charge in [0.15, 0.2) is 5.78 Å². The van der Waals surface area contributed by atoms with Crippen LogP contribution in [0.1, 0.15) is 30.2 Å². The Morgan fingerprint density at radius 2 is 1.89 bits per heavy atom. The molecule has 0 aliphatic rings. The van der Waals surface area contributed by atoms with E-state index in [1.165, 1.54) is 11.3 Å². The number of aliphatic hydroxyl groups excluding tert-OH is 1. The van der Waals surface area contributed by atoms with E-state index >= 15 is 0 Å². The Hall–Kier alpha value is -3.13. The third-order valence-corrected chi connectivity index (χ3v) is 5.87. The molecule has 0 saturated carbocycles. The molecule has 0 radical (unpaired) electrons. The maximum Gasteiger partial charge on any atom is 0.257 e. The maximum atomic E-state index is 13.5. The van der Waals surface area contributed by atoms with Crippen LogP contribution in [0.4, 0.5) is 8.78 Å². The van der Waals surface area contributed by atoms with E-state index in [2.05, 4.69) is 21.9 Å². The number of hydrogen-bond donors (Lipinski definition) is 4. The molecular weight excluding hydrogens is 476 g/mol. The highest BCUT2D eigenvalue weighted by Crippen LogP contribution is 2.13. The molecule has 3 atom stereocenters. The molecule has 2 aromatic rings. The third-order valence-electron chi connectivity index (χ3n) is 4.99. The van der Waals surface area contributed by atoms with Gasteiger partial charge in [-0.1, -0.05) is 36.4 Å². The van der Waals surface area contributed by atoms with E-state index < -0.39 is 48.3 Å². The van der Waals surface area contributed by atoms with Gasteiger partial charge in [0.05, 0.1) is 19.1 Å². The molecular formula is C25H29F2N3O4S. The number of aliphatic hydroxyl groups is 1. The molecule has 1 heterocycles. The van der Waals surface area contributed by atoms with Gasteiger partial charge in [0.1, 0.15) is 12.1 Å². The number of nitrogens with one attached hydrogen (secondary N) is 3. The average molecular weight is 506 g/mol. The third kappa shape index (κ3) is 9.94. The fraction of sp³-hybridized carbons (Fsp3) is 0.400. The lowest BCUT2D eigenvalue weighted by molar-refractivity contribution is -0.138. The van der Waals surface area contributed by atoms with Crippen molar-refractivity contribution in [3.8, 4) is 12.3 Å². The Morgan fingerprint density at radius 1 is 1.17 bits per heavy atom. The molecule has 7 nitrogen and oxygen atoms in total. The number of carbonyl (C=O) groups excluding carboxylic acids is 3. The molecule has 188 valence electrons. The molecule has 35 heavy (non-hydrogen) atoms. The second-order valence-corrected chi connectivity index (χ2v) is 9.13. The number of hydrogen-bond acceptors (Lipinski definition) is 6. The number of carbonyl (C=O) groups is 3. The Balaban J connectivity index is 2.22. The monoisotopic (exact) mass is 505 g/mol. The SMILES string of the molecule is C#CCCC(=O)NC(Cc1ccccc1)C(O)C(=O)C(NCC(C)(F)F)C(=O)NCc1cccs1. The highest BCUT2D eigenvalue weighted by atomic mass is 32.1. The van der Waals surface area contributed by atoms with Gasteiger partial charge in [-0.3, -0.25) is 19.7 Å². The van der Waals surface area contributed by atoms with Gasteiger partial charge >= 0.3 is 0 Å². The van der Waals surface area contributed by atoms with Crippen LogP contribution in [0, 0.1) is 12.3 Å². The topological polar surface area (TPSA) is 108 Å². The zero-order valence-electron chi connectivity index (χ0n) is 19.3. The van der Waals surface area contributed by atoms with E-state index in [0.29, 0.717) is 12.5 Å². The Kier molecular flexibility index (Phi) is 11.0. The lowest BCUT2D eigenvalue weighted by Gasteiger charge is -2.27. The van der Waals surface area contributed by atoms with E-state index in [1.807, 2.05) is 0 Å². The first kappa shape index (κ1) is 28.1. The minimum atomic E-state index is -3.20. The van der Waals surface area contributed by atoms with Crippen LogP contribution in [0.25, 0.3) is 0 Å². The standard InChI is InChI=1S/C25H29F2N3O4S/c1-3-4-12-20(31)30-19(14-17-9-6-5-7-10-17)22(32)23(33)21(29-16-25(2,26)27)24(34)28-15-18-11-8-13-35-18/h1,5-11,13,19,21-22,29,32H,4,12,14-16H2,2H3,(H,28,34)(H,30,31). The number of rotatable bonds is 14. The number of halogens is 2. The van der Waals surface area contributed by atoms with Crippen molar-refractivity contribution in [2.24, 2.45) is 0 Å². The van der Waals surface area contributed by atoms with Gasteiger partial charge in [0.25, 0.3) is 5.92 Å². The number of terminal acetylenes is 1. The summed E-state index contributed by atoms with van der Waals surface area (Å²) in [6.45, 7) is -0.220. The zero-order valence-corrected chi connectivity index (χ0v) is 20.1. The second-order valence-electron chi connectivity index (χ2n) is 8.10. The molecule has 0 aliphatic heterocycles. The van der Waals surface area contributed by atoms with Crippen LogP contribution < -0.4 is 16.0 Å². The van der Waals surface area contributed by atoms with Crippen molar-refractivity contribution in [2.75, 3.05) is 6.54 Å². The largest absolute Gasteiger partial charge is 0.383 e. The first-order valence-corrected chi connectivity index (χ1v) is 11.9. The lowest BCUT2D eigenvalue weighted by atomic mass is 9.94. The molecule has 0 bridgehead atoms. The molecule has 1 aromatic carbocycles. The first-order chi connectivity index (χ1) is 16.6. The molecule has 1 aromatic heterocycles. The van der Waals surface area contributed by atoms with Gasteiger partial charge in [-0.2, -0.15) is 0 Å². The van der Waals surface area contributed by atoms with Crippen molar-refractivity contribution in [3.63, 3.8) is 0 Å². The number of amides is 2. The summed E-state index contributed by atoms with van der Waals surface area (Å²) in [5.74, 6) is -3.24. The fourth-order valence-electron chi connectivity index (χ4n) is 3.24. The summed E-state index contributed by atoms with van der Waals surface area (Å²) in [7, 11) is 0. The van der Waals surface area contributed by atoms with Crippen LogP contribution >= 0.6 is 11.3 Å². The summed E-state index contributed by atoms with van der Waals surface area (Å²) in [5, 5.41) is 20.1. The number of thiophene rings is 1. The van der Waals surface area contributed by atoms with E-state index in [0.717, 1.165) is 4.88 Å². The summed E-state index contributed by atoms with van der Waals surface area (Å²) in [5.41, 5.74) is 0.716. The minimum absolute atomic E-state index is 0.0201. The van der Waals surface area contributed by atoms with Crippen LogP contribution in [-0.2, 0) is 27.3 Å². The van der Waals surface area contributed by atoms with Crippen molar-refractivity contribution in [1.29, 1.82) is 0 Å². The second kappa shape index (κ2) is 13.7. The molecule has 0 saturated heterocycles. The fourth-order valence-corrected chi connectivity index (χ4v) is 3.88. The van der Waals surface area contributed by atoms with Gasteiger partial charge in [-0.05, 0) is 23.4 Å². The molecule has 3 unspecified atom stereocenters. The molecule has 2 rings (SSSR count). The maximum absolute atomic E-state index is 13.5. The van der Waals surface area contributed by atoms with Crippen molar-refractivity contribution >= 4 is 28.9 Å². The van der Waals surface area contributed by atoms with Crippen LogP contribution in [0.5, 0.6) is 0 Å². The van der Waals surface area contributed by atoms with Crippen molar-refractivity contribution in [1.82, 2.24) is 16.0 Å². The first-order valence-electron chi connectivity index (χ1n) is 11.0. The number of alkyl halides is 2. The van der Waals surface area contributed by atoms with Gasteiger partial charge in [0, 0.05) is 24.6 Å². The predicted octanol–water partition coefficient (Wildman–Crippen LogP) is 2.05. The van der Waals surface area contributed by atoms with E-state index in [4.69, 9.17) is 6.42 Å². The van der Waals surface area contributed by atoms with Crippen LogP contribution in [-0.4, -0.2) is 53.4 Å². The molecule has 4 N–H and O–H groups in total. The Labute approximate surface area is 207 Å². The van der Waals surface area contributed by atoms with Crippen molar-refractivity contribution in [2.45, 2.75) is 56.8 Å². The van der Waals surface area contributed by atoms with Crippen molar-refractivity contribution < 1.29 is 28.3 Å². The van der Waals surface area contributed by atoms with Gasteiger partial charge < -0.3 is 15.7 Å². The average Bonchev–Trinajstić information content (AvgIpc) is 3.34. The molecule has 0 fully saturated rings. The normalized spacial score (nSPS) is 13.8. The smallest absolute Gasteiger partial charge is 0.257 e. The quantitative estimate of drug-likeness (QED) is 0.232. The molecule has 2 amide bonds. The number of ketones is 1. The van der Waals surface area contributed by atoms with E-state index in [-0.39, 0.29) is 25.8 Å². The molecule has 0 spiro atoms. The Morgan fingerprint density at radius 3 is 2.49 bits per heavy atom. The van der Waals surface area contributed by atoms with E-state index in [1.54, 1.807) is 47.8 Å². The van der Waals surface area contributed by atoms with Crippen LogP contribution in [0.15, 0.2) is 47.8 Å². The van der Waals surface area contributed by atoms with Crippen LogP contribution in [0.3, 0.4) is 0 Å². The zero-order chi connectivity index (χ0) is 25.8. The predicted molar refractivity (Wildman–Crippen MR) is 130 cm³/mol. The summed E-state index contributed by atoms with van der Waals surface area (Å²) >= 11 is 1.38. The highest BCUT2D eigenvalue weighted by molar-refractivity contribution is 7.09. The minimum Gasteiger partial charge on any atom is -0.383 e. The van der Waals surface area contributed by atoms with Gasteiger partial charge in [-0.25, -0.2) is 8.78 Å². The summed E-state index contributed by atoms with van der Waals surface area (Å²) in [4.78, 5) is 39.1. The van der Waals surface area contributed by atoms with Gasteiger partial charge in [-0.15, -0.1) is 23.7 Å². The Bertz CT molecular complexity index is 1000.